The van der Waals surface area contributed by atoms with Gasteiger partial charge < -0.3 is 10.1 Å². The number of carbonyl (C=O) groups is 2. The average molecular weight is 331 g/mol. The average Bonchev–Trinajstić information content (AvgIpc) is 2.55. The molecule has 0 aromatic heterocycles. The Balaban J connectivity index is 1.78. The highest BCUT2D eigenvalue weighted by Gasteiger charge is 2.25. The quantitative estimate of drug-likeness (QED) is 0.834. The van der Waals surface area contributed by atoms with Crippen molar-refractivity contribution in [1.29, 1.82) is 0 Å². The fourth-order valence-corrected chi connectivity index (χ4v) is 3.21. The Labute approximate surface area is 145 Å². The number of nitrogens with one attached hydrogen (secondary N) is 1. The number of amides is 1. The minimum Gasteiger partial charge on any atom is -0.365 e. The van der Waals surface area contributed by atoms with Crippen molar-refractivity contribution in [2.75, 3.05) is 0 Å². The van der Waals surface area contributed by atoms with Gasteiger partial charge in [0.1, 0.15) is 6.10 Å². The first-order valence-corrected chi connectivity index (χ1v) is 8.98. The van der Waals surface area contributed by atoms with E-state index in [2.05, 4.69) is 12.2 Å². The van der Waals surface area contributed by atoms with Crippen molar-refractivity contribution >= 4 is 11.7 Å². The van der Waals surface area contributed by atoms with Gasteiger partial charge in [-0.05, 0) is 38.2 Å². The molecule has 0 aliphatic heterocycles. The molecule has 2 rings (SSSR count). The molecule has 1 aliphatic carbocycles. The van der Waals surface area contributed by atoms with E-state index in [4.69, 9.17) is 4.74 Å². The van der Waals surface area contributed by atoms with Crippen molar-refractivity contribution in [3.8, 4) is 0 Å². The second kappa shape index (κ2) is 8.97. The molecule has 4 heteroatoms. The number of ether oxygens (including phenoxy) is 1. The molecule has 0 saturated heterocycles. The van der Waals surface area contributed by atoms with Gasteiger partial charge in [-0.3, -0.25) is 9.59 Å². The maximum atomic E-state index is 12.3. The summed E-state index contributed by atoms with van der Waals surface area (Å²) >= 11 is 0. The summed E-state index contributed by atoms with van der Waals surface area (Å²) in [6, 6.07) is 9.07. The highest BCUT2D eigenvalue weighted by molar-refractivity contribution is 5.91. The van der Waals surface area contributed by atoms with E-state index in [1.165, 1.54) is 6.42 Å². The lowest BCUT2D eigenvalue weighted by molar-refractivity contribution is -0.139. The zero-order valence-electron chi connectivity index (χ0n) is 15.0. The zero-order chi connectivity index (χ0) is 17.5. The summed E-state index contributed by atoms with van der Waals surface area (Å²) in [6.07, 6.45) is 4.40. The van der Waals surface area contributed by atoms with Gasteiger partial charge in [0.25, 0.3) is 0 Å². The van der Waals surface area contributed by atoms with Crippen LogP contribution in [0.2, 0.25) is 0 Å². The topological polar surface area (TPSA) is 55.4 Å². The molecule has 1 N–H and O–H groups in total. The summed E-state index contributed by atoms with van der Waals surface area (Å²) in [5.74, 6) is 0.459. The van der Waals surface area contributed by atoms with Gasteiger partial charge in [-0.25, -0.2) is 0 Å². The van der Waals surface area contributed by atoms with Gasteiger partial charge in [0.05, 0.1) is 12.1 Å². The molecule has 0 bridgehead atoms. The Bertz CT molecular complexity index is 543. The first-order valence-electron chi connectivity index (χ1n) is 8.98. The molecule has 1 aromatic carbocycles. The number of ketones is 1. The standard InChI is InChI=1S/C20H29NO3/c1-14-8-7-11-18(12-14)24-16(3)20(23)21-15(2)19(22)13-17-9-5-4-6-10-17/h4-6,9-10,14-16,18H,7-8,11-13H2,1-3H3,(H,21,23)/t14-,15-,16-,18+/m1/s1. The summed E-state index contributed by atoms with van der Waals surface area (Å²) in [5.41, 5.74) is 0.962. The molecule has 4 atom stereocenters. The monoisotopic (exact) mass is 331 g/mol. The van der Waals surface area contributed by atoms with E-state index in [9.17, 15) is 9.59 Å². The van der Waals surface area contributed by atoms with E-state index >= 15 is 0 Å². The second-order valence-corrected chi connectivity index (χ2v) is 7.03. The lowest BCUT2D eigenvalue weighted by Gasteiger charge is -2.29. The maximum Gasteiger partial charge on any atom is 0.249 e. The van der Waals surface area contributed by atoms with Crippen LogP contribution in [0.5, 0.6) is 0 Å². The van der Waals surface area contributed by atoms with Gasteiger partial charge in [-0.15, -0.1) is 0 Å². The number of Topliss-reactive ketones (excluding diaryl/α,β-unsaturated/α-hetero) is 1. The highest BCUT2D eigenvalue weighted by atomic mass is 16.5. The molecule has 1 saturated carbocycles. The molecule has 0 unspecified atom stereocenters. The van der Waals surface area contributed by atoms with E-state index in [0.29, 0.717) is 12.3 Å². The molecular weight excluding hydrogens is 302 g/mol. The third kappa shape index (κ3) is 5.75. The van der Waals surface area contributed by atoms with Crippen LogP contribution in [0, 0.1) is 5.92 Å². The molecule has 1 fully saturated rings. The highest BCUT2D eigenvalue weighted by Crippen LogP contribution is 2.26. The number of rotatable bonds is 7. The van der Waals surface area contributed by atoms with E-state index in [1.54, 1.807) is 13.8 Å². The van der Waals surface area contributed by atoms with Crippen LogP contribution in [-0.2, 0) is 20.7 Å². The zero-order valence-corrected chi connectivity index (χ0v) is 15.0. The van der Waals surface area contributed by atoms with Gasteiger partial charge in [-0.1, -0.05) is 50.1 Å². The molecule has 1 amide bonds. The largest absolute Gasteiger partial charge is 0.365 e. The number of benzene rings is 1. The number of hydrogen-bond donors (Lipinski definition) is 1. The first-order chi connectivity index (χ1) is 11.5. The van der Waals surface area contributed by atoms with Crippen LogP contribution in [-0.4, -0.2) is 29.9 Å². The molecule has 1 aliphatic rings. The fourth-order valence-electron chi connectivity index (χ4n) is 3.21. The normalized spacial score (nSPS) is 23.3. The maximum absolute atomic E-state index is 12.3. The van der Waals surface area contributed by atoms with Gasteiger partial charge in [0.15, 0.2) is 5.78 Å². The Hall–Kier alpha value is -1.68. The first kappa shape index (κ1) is 18.7. The smallest absolute Gasteiger partial charge is 0.249 e. The minimum atomic E-state index is -0.521. The summed E-state index contributed by atoms with van der Waals surface area (Å²) in [5, 5.41) is 2.79. The van der Waals surface area contributed by atoms with E-state index in [-0.39, 0.29) is 17.8 Å². The van der Waals surface area contributed by atoms with Crippen molar-refractivity contribution in [2.24, 2.45) is 5.92 Å². The Kier molecular flexibility index (Phi) is 6.98. The molecule has 24 heavy (non-hydrogen) atoms. The van der Waals surface area contributed by atoms with Crippen molar-refractivity contribution in [3.63, 3.8) is 0 Å². The SMILES string of the molecule is C[C@@H]1CCC[C@H](O[C@H](C)C(=O)N[C@H](C)C(=O)Cc2ccccc2)C1. The number of carbonyl (C=O) groups excluding carboxylic acids is 2. The van der Waals surface area contributed by atoms with Gasteiger partial charge >= 0.3 is 0 Å². The Morgan fingerprint density at radius 2 is 1.92 bits per heavy atom. The van der Waals surface area contributed by atoms with Crippen LogP contribution < -0.4 is 5.32 Å². The van der Waals surface area contributed by atoms with E-state index in [1.807, 2.05) is 30.3 Å². The van der Waals surface area contributed by atoms with Crippen molar-refractivity contribution in [2.45, 2.75) is 71.1 Å². The third-order valence-corrected chi connectivity index (χ3v) is 4.72. The van der Waals surface area contributed by atoms with E-state index < -0.39 is 12.1 Å². The van der Waals surface area contributed by atoms with Gasteiger partial charge in [0, 0.05) is 6.42 Å². The van der Waals surface area contributed by atoms with E-state index in [0.717, 1.165) is 24.8 Å². The predicted octanol–water partition coefficient (Wildman–Crippen LogP) is 3.29. The number of hydrogen-bond acceptors (Lipinski definition) is 3. The lowest BCUT2D eigenvalue weighted by Crippen LogP contribution is -2.45. The second-order valence-electron chi connectivity index (χ2n) is 7.03. The molecule has 4 nitrogen and oxygen atoms in total. The predicted molar refractivity (Wildman–Crippen MR) is 94.7 cm³/mol. The molecule has 132 valence electrons. The third-order valence-electron chi connectivity index (χ3n) is 4.72. The van der Waals surface area contributed by atoms with Crippen molar-refractivity contribution in [3.05, 3.63) is 35.9 Å². The van der Waals surface area contributed by atoms with Crippen LogP contribution in [0.15, 0.2) is 30.3 Å². The molecule has 0 radical (unpaired) electrons. The van der Waals surface area contributed by atoms with Gasteiger partial charge in [0.2, 0.25) is 5.91 Å². The summed E-state index contributed by atoms with van der Waals surface area (Å²) in [6.45, 7) is 5.73. The summed E-state index contributed by atoms with van der Waals surface area (Å²) in [7, 11) is 0. The lowest BCUT2D eigenvalue weighted by atomic mass is 9.88. The summed E-state index contributed by atoms with van der Waals surface area (Å²) in [4.78, 5) is 24.5. The van der Waals surface area contributed by atoms with Crippen LogP contribution in [0.4, 0.5) is 0 Å². The van der Waals surface area contributed by atoms with Crippen LogP contribution >= 0.6 is 0 Å². The molecule has 0 spiro atoms. The molecule has 0 heterocycles. The Morgan fingerprint density at radius 3 is 2.58 bits per heavy atom. The fraction of sp³-hybridized carbons (Fsp3) is 0.600. The van der Waals surface area contributed by atoms with Crippen molar-refractivity contribution in [1.82, 2.24) is 5.32 Å². The molecular formula is C20H29NO3. The van der Waals surface area contributed by atoms with Gasteiger partial charge in [-0.2, -0.15) is 0 Å². The van der Waals surface area contributed by atoms with Crippen LogP contribution in [0.25, 0.3) is 0 Å². The van der Waals surface area contributed by atoms with Crippen LogP contribution in [0.1, 0.15) is 52.0 Å². The summed E-state index contributed by atoms with van der Waals surface area (Å²) < 4.78 is 5.90. The molecule has 1 aromatic rings. The van der Waals surface area contributed by atoms with Crippen molar-refractivity contribution < 1.29 is 14.3 Å². The minimum absolute atomic E-state index is 0.00744. The van der Waals surface area contributed by atoms with Crippen LogP contribution in [0.3, 0.4) is 0 Å². The Morgan fingerprint density at radius 1 is 1.21 bits per heavy atom.